The summed E-state index contributed by atoms with van der Waals surface area (Å²) >= 11 is 0. The number of benzene rings is 1. The minimum atomic E-state index is -0.0988. The average molecular weight is 357 g/mol. The second-order valence-corrected chi connectivity index (χ2v) is 5.87. The summed E-state index contributed by atoms with van der Waals surface area (Å²) in [6.07, 6.45) is 3.50. The zero-order chi connectivity index (χ0) is 16.9. The quantitative estimate of drug-likeness (QED) is 0.763. The predicted molar refractivity (Wildman–Crippen MR) is 103 cm³/mol. The molecule has 0 aliphatic carbocycles. The van der Waals surface area contributed by atoms with E-state index in [4.69, 9.17) is 4.98 Å². The molecular formula is C19H21ClN4O. The lowest BCUT2D eigenvalue weighted by Crippen LogP contribution is -2.31. The van der Waals surface area contributed by atoms with Gasteiger partial charge in [0.1, 0.15) is 0 Å². The van der Waals surface area contributed by atoms with Gasteiger partial charge in [-0.25, -0.2) is 4.98 Å². The lowest BCUT2D eigenvalue weighted by atomic mass is 10.1. The van der Waals surface area contributed by atoms with Crippen molar-refractivity contribution in [3.05, 3.63) is 60.4 Å². The third-order valence-corrected chi connectivity index (χ3v) is 3.77. The highest BCUT2D eigenvalue weighted by atomic mass is 35.5. The second-order valence-electron chi connectivity index (χ2n) is 5.87. The van der Waals surface area contributed by atoms with Gasteiger partial charge >= 0.3 is 0 Å². The Bertz CT molecular complexity index is 852. The molecule has 1 N–H and O–H groups in total. The molecule has 0 atom stereocenters. The third kappa shape index (κ3) is 4.53. The number of carbonyl (C=O) groups is 1. The van der Waals surface area contributed by atoms with E-state index in [2.05, 4.69) is 10.3 Å². The fourth-order valence-corrected chi connectivity index (χ4v) is 2.49. The molecule has 0 saturated carbocycles. The number of nitrogens with one attached hydrogen (secondary N) is 1. The number of nitrogens with zero attached hydrogens (tertiary/aromatic N) is 3. The van der Waals surface area contributed by atoms with E-state index in [1.807, 2.05) is 61.5 Å². The van der Waals surface area contributed by atoms with E-state index in [1.54, 1.807) is 12.4 Å². The van der Waals surface area contributed by atoms with Gasteiger partial charge in [-0.2, -0.15) is 0 Å². The molecule has 0 aliphatic rings. The Kier molecular flexibility index (Phi) is 6.44. The van der Waals surface area contributed by atoms with Crippen molar-refractivity contribution in [3.8, 4) is 11.3 Å². The van der Waals surface area contributed by atoms with Crippen molar-refractivity contribution in [3.63, 3.8) is 0 Å². The van der Waals surface area contributed by atoms with Crippen LogP contribution in [0.5, 0.6) is 0 Å². The first-order chi connectivity index (χ1) is 11.6. The topological polar surface area (TPSA) is 58.1 Å². The standard InChI is InChI=1S/C19H20N4O.ClH/c1-23(2)12-11-21-19(24)16-7-3-5-14-8-9-17(22-18(14)16)15-6-4-10-20-13-15;/h3-10,13H,11-12H2,1-2H3,(H,21,24);1H. The monoisotopic (exact) mass is 356 g/mol. The lowest BCUT2D eigenvalue weighted by molar-refractivity contribution is 0.0952. The molecule has 6 heteroatoms. The van der Waals surface area contributed by atoms with E-state index in [9.17, 15) is 4.79 Å². The molecule has 0 saturated heterocycles. The number of aromatic nitrogens is 2. The molecule has 0 spiro atoms. The van der Waals surface area contributed by atoms with Gasteiger partial charge in [-0.15, -0.1) is 12.4 Å². The van der Waals surface area contributed by atoms with Crippen LogP contribution in [0.1, 0.15) is 10.4 Å². The molecule has 25 heavy (non-hydrogen) atoms. The molecule has 3 aromatic rings. The van der Waals surface area contributed by atoms with Gasteiger partial charge in [-0.05, 0) is 38.4 Å². The van der Waals surface area contributed by atoms with Gasteiger partial charge in [0.2, 0.25) is 0 Å². The highest BCUT2D eigenvalue weighted by Gasteiger charge is 2.12. The number of pyridine rings is 2. The largest absolute Gasteiger partial charge is 0.351 e. The highest BCUT2D eigenvalue weighted by molar-refractivity contribution is 6.05. The Morgan fingerprint density at radius 1 is 1.12 bits per heavy atom. The molecule has 0 fully saturated rings. The van der Waals surface area contributed by atoms with Crippen LogP contribution in [0.3, 0.4) is 0 Å². The molecule has 1 aromatic carbocycles. The molecule has 0 radical (unpaired) electrons. The summed E-state index contributed by atoms with van der Waals surface area (Å²) < 4.78 is 0. The van der Waals surface area contributed by atoms with Crippen LogP contribution in [0.4, 0.5) is 0 Å². The summed E-state index contributed by atoms with van der Waals surface area (Å²) in [6, 6.07) is 13.4. The van der Waals surface area contributed by atoms with Crippen LogP contribution in [0.15, 0.2) is 54.9 Å². The molecule has 0 unspecified atom stereocenters. The van der Waals surface area contributed by atoms with E-state index in [1.165, 1.54) is 0 Å². The van der Waals surface area contributed by atoms with Gasteiger partial charge in [-0.1, -0.05) is 18.2 Å². The number of amides is 1. The molecule has 2 heterocycles. The van der Waals surface area contributed by atoms with Crippen molar-refractivity contribution in [2.45, 2.75) is 0 Å². The van der Waals surface area contributed by atoms with E-state index >= 15 is 0 Å². The minimum Gasteiger partial charge on any atom is -0.351 e. The van der Waals surface area contributed by atoms with Gasteiger partial charge in [0.15, 0.2) is 0 Å². The average Bonchev–Trinajstić information content (AvgIpc) is 2.61. The number of hydrogen-bond acceptors (Lipinski definition) is 4. The van der Waals surface area contributed by atoms with E-state index in [0.29, 0.717) is 17.6 Å². The Balaban J connectivity index is 0.00000225. The number of fused-ring (bicyclic) bond motifs is 1. The number of halogens is 1. The fourth-order valence-electron chi connectivity index (χ4n) is 2.49. The number of para-hydroxylation sites is 1. The molecular weight excluding hydrogens is 336 g/mol. The van der Waals surface area contributed by atoms with E-state index in [0.717, 1.165) is 23.2 Å². The van der Waals surface area contributed by atoms with Gasteiger partial charge in [0, 0.05) is 36.4 Å². The number of likely N-dealkylation sites (N-methyl/N-ethyl adjacent to an activating group) is 1. The SMILES string of the molecule is CN(C)CCNC(=O)c1cccc2ccc(-c3cccnc3)nc12.Cl. The van der Waals surface area contributed by atoms with Crippen LogP contribution in [0.25, 0.3) is 22.2 Å². The summed E-state index contributed by atoms with van der Waals surface area (Å²) in [7, 11) is 3.96. The van der Waals surface area contributed by atoms with E-state index in [-0.39, 0.29) is 18.3 Å². The van der Waals surface area contributed by atoms with Crippen LogP contribution in [-0.4, -0.2) is 48.0 Å². The predicted octanol–water partition coefficient (Wildman–Crippen LogP) is 3.01. The molecule has 1 amide bonds. The number of rotatable bonds is 5. The minimum absolute atomic E-state index is 0. The maximum Gasteiger partial charge on any atom is 0.253 e. The summed E-state index contributed by atoms with van der Waals surface area (Å²) in [6.45, 7) is 1.40. The van der Waals surface area contributed by atoms with Crippen LogP contribution in [0.2, 0.25) is 0 Å². The second kappa shape index (κ2) is 8.55. The zero-order valence-electron chi connectivity index (χ0n) is 14.3. The summed E-state index contributed by atoms with van der Waals surface area (Å²) in [4.78, 5) is 23.4. The Morgan fingerprint density at radius 2 is 1.96 bits per heavy atom. The van der Waals surface area contributed by atoms with Crippen molar-refractivity contribution in [1.29, 1.82) is 0 Å². The first-order valence-electron chi connectivity index (χ1n) is 7.88. The summed E-state index contributed by atoms with van der Waals surface area (Å²) in [5, 5.41) is 3.90. The van der Waals surface area contributed by atoms with Crippen molar-refractivity contribution in [2.75, 3.05) is 27.2 Å². The Labute approximate surface area is 153 Å². The number of hydrogen-bond donors (Lipinski definition) is 1. The first-order valence-corrected chi connectivity index (χ1v) is 7.88. The van der Waals surface area contributed by atoms with Crippen LogP contribution < -0.4 is 5.32 Å². The van der Waals surface area contributed by atoms with Crippen LogP contribution >= 0.6 is 12.4 Å². The molecule has 0 bridgehead atoms. The van der Waals surface area contributed by atoms with Gasteiger partial charge < -0.3 is 10.2 Å². The van der Waals surface area contributed by atoms with Gasteiger partial charge in [0.25, 0.3) is 5.91 Å². The lowest BCUT2D eigenvalue weighted by Gasteiger charge is -2.11. The third-order valence-electron chi connectivity index (χ3n) is 3.77. The van der Waals surface area contributed by atoms with Gasteiger partial charge in [0.05, 0.1) is 16.8 Å². The summed E-state index contributed by atoms with van der Waals surface area (Å²) in [5.74, 6) is -0.0988. The Hall–Kier alpha value is -2.50. The molecule has 0 aliphatic heterocycles. The zero-order valence-corrected chi connectivity index (χ0v) is 15.1. The van der Waals surface area contributed by atoms with Crippen molar-refractivity contribution in [1.82, 2.24) is 20.2 Å². The molecule has 2 aromatic heterocycles. The molecule has 3 rings (SSSR count). The van der Waals surface area contributed by atoms with Crippen LogP contribution in [0, 0.1) is 0 Å². The highest BCUT2D eigenvalue weighted by Crippen LogP contribution is 2.22. The van der Waals surface area contributed by atoms with Crippen molar-refractivity contribution < 1.29 is 4.79 Å². The normalized spacial score (nSPS) is 10.5. The van der Waals surface area contributed by atoms with Gasteiger partial charge in [-0.3, -0.25) is 9.78 Å². The van der Waals surface area contributed by atoms with Crippen molar-refractivity contribution >= 4 is 29.2 Å². The molecule has 5 nitrogen and oxygen atoms in total. The Morgan fingerprint density at radius 3 is 2.68 bits per heavy atom. The smallest absolute Gasteiger partial charge is 0.253 e. The maximum absolute atomic E-state index is 12.5. The fraction of sp³-hybridized carbons (Fsp3) is 0.211. The van der Waals surface area contributed by atoms with Crippen molar-refractivity contribution in [2.24, 2.45) is 0 Å². The summed E-state index contributed by atoms with van der Waals surface area (Å²) in [5.41, 5.74) is 3.05. The van der Waals surface area contributed by atoms with Crippen LogP contribution in [-0.2, 0) is 0 Å². The molecule has 130 valence electrons. The maximum atomic E-state index is 12.5. The van der Waals surface area contributed by atoms with E-state index < -0.39 is 0 Å². The first kappa shape index (κ1) is 18.8. The number of carbonyl (C=O) groups excluding carboxylic acids is 1.